The van der Waals surface area contributed by atoms with Crippen molar-refractivity contribution in [2.75, 3.05) is 13.1 Å². The van der Waals surface area contributed by atoms with Crippen LogP contribution in [0.25, 0.3) is 0 Å². The molecule has 1 aliphatic heterocycles. The van der Waals surface area contributed by atoms with E-state index in [0.717, 1.165) is 19.6 Å². The van der Waals surface area contributed by atoms with Gasteiger partial charge < -0.3 is 10.2 Å². The molecular weight excluding hydrogens is 236 g/mol. The van der Waals surface area contributed by atoms with Crippen LogP contribution in [0.15, 0.2) is 12.1 Å². The summed E-state index contributed by atoms with van der Waals surface area (Å²) in [5.41, 5.74) is 4.69. The summed E-state index contributed by atoms with van der Waals surface area (Å²) in [7, 11) is 0. The molecule has 0 bridgehead atoms. The Morgan fingerprint density at radius 3 is 2.37 bits per heavy atom. The van der Waals surface area contributed by atoms with Gasteiger partial charge in [-0.1, -0.05) is 17.7 Å². The van der Waals surface area contributed by atoms with Gasteiger partial charge in [0.15, 0.2) is 0 Å². The molecule has 1 saturated heterocycles. The summed E-state index contributed by atoms with van der Waals surface area (Å²) in [6.07, 6.45) is 0. The molecule has 0 spiro atoms. The van der Waals surface area contributed by atoms with Crippen molar-refractivity contribution in [2.24, 2.45) is 0 Å². The molecule has 1 N–H and O–H groups in total. The van der Waals surface area contributed by atoms with E-state index in [1.165, 1.54) is 22.3 Å². The summed E-state index contributed by atoms with van der Waals surface area (Å²) in [5.74, 6) is 0.193. The number of benzene rings is 1. The van der Waals surface area contributed by atoms with Crippen LogP contribution in [0.4, 0.5) is 0 Å². The minimum Gasteiger partial charge on any atom is -0.335 e. The maximum atomic E-state index is 12.4. The quantitative estimate of drug-likeness (QED) is 0.885. The number of nitrogens with zero attached hydrogens (tertiary/aromatic N) is 1. The van der Waals surface area contributed by atoms with E-state index in [1.54, 1.807) is 0 Å². The summed E-state index contributed by atoms with van der Waals surface area (Å²) in [4.78, 5) is 14.4. The SMILES string of the molecule is Cc1cc(C)c(CN2CCNC(C)(C)C2=O)c(C)c1. The highest BCUT2D eigenvalue weighted by molar-refractivity contribution is 5.86. The molecule has 2 rings (SSSR count). The van der Waals surface area contributed by atoms with E-state index in [0.29, 0.717) is 0 Å². The first kappa shape index (κ1) is 14.1. The van der Waals surface area contributed by atoms with Crippen LogP contribution in [0.2, 0.25) is 0 Å². The highest BCUT2D eigenvalue weighted by Crippen LogP contribution is 2.21. The van der Waals surface area contributed by atoms with Crippen molar-refractivity contribution < 1.29 is 4.79 Å². The highest BCUT2D eigenvalue weighted by Gasteiger charge is 2.35. The molecule has 0 aromatic heterocycles. The number of aryl methyl sites for hydroxylation is 3. The molecule has 0 saturated carbocycles. The molecular formula is C16H24N2O. The Bertz CT molecular complexity index is 482. The summed E-state index contributed by atoms with van der Waals surface area (Å²) in [6, 6.07) is 4.39. The molecule has 0 radical (unpaired) electrons. The van der Waals surface area contributed by atoms with E-state index in [4.69, 9.17) is 0 Å². The normalized spacial score (nSPS) is 18.8. The highest BCUT2D eigenvalue weighted by atomic mass is 16.2. The van der Waals surface area contributed by atoms with Crippen LogP contribution in [0, 0.1) is 20.8 Å². The number of piperazine rings is 1. The molecule has 19 heavy (non-hydrogen) atoms. The predicted octanol–water partition coefficient (Wildman–Crippen LogP) is 2.32. The molecule has 0 atom stereocenters. The van der Waals surface area contributed by atoms with Gasteiger partial charge >= 0.3 is 0 Å². The molecule has 1 fully saturated rings. The fraction of sp³-hybridized carbons (Fsp3) is 0.562. The summed E-state index contributed by atoms with van der Waals surface area (Å²) < 4.78 is 0. The van der Waals surface area contributed by atoms with E-state index >= 15 is 0 Å². The third-order valence-electron chi connectivity index (χ3n) is 3.96. The van der Waals surface area contributed by atoms with Crippen LogP contribution in [-0.4, -0.2) is 29.4 Å². The summed E-state index contributed by atoms with van der Waals surface area (Å²) >= 11 is 0. The van der Waals surface area contributed by atoms with Crippen LogP contribution in [0.3, 0.4) is 0 Å². The summed E-state index contributed by atoms with van der Waals surface area (Å²) in [6.45, 7) is 12.7. The third kappa shape index (κ3) is 2.81. The second kappa shape index (κ2) is 4.97. The number of rotatable bonds is 2. The van der Waals surface area contributed by atoms with Crippen molar-refractivity contribution in [3.63, 3.8) is 0 Å². The zero-order valence-electron chi connectivity index (χ0n) is 12.6. The van der Waals surface area contributed by atoms with Crippen molar-refractivity contribution in [3.8, 4) is 0 Å². The minimum atomic E-state index is -0.440. The van der Waals surface area contributed by atoms with E-state index in [-0.39, 0.29) is 5.91 Å². The Balaban J connectivity index is 2.24. The molecule has 0 aliphatic carbocycles. The van der Waals surface area contributed by atoms with E-state index in [1.807, 2.05) is 18.7 Å². The van der Waals surface area contributed by atoms with Crippen molar-refractivity contribution in [2.45, 2.75) is 46.7 Å². The molecule has 1 amide bonds. The number of nitrogens with one attached hydrogen (secondary N) is 1. The van der Waals surface area contributed by atoms with Crippen molar-refractivity contribution in [1.82, 2.24) is 10.2 Å². The molecule has 1 aromatic rings. The molecule has 3 heteroatoms. The number of hydrogen-bond acceptors (Lipinski definition) is 2. The smallest absolute Gasteiger partial charge is 0.242 e. The zero-order chi connectivity index (χ0) is 14.2. The first-order valence-corrected chi connectivity index (χ1v) is 6.92. The number of hydrogen-bond donors (Lipinski definition) is 1. The number of carbonyl (C=O) groups excluding carboxylic acids is 1. The molecule has 1 heterocycles. The number of carbonyl (C=O) groups is 1. The van der Waals surface area contributed by atoms with E-state index in [2.05, 4.69) is 38.2 Å². The van der Waals surface area contributed by atoms with Gasteiger partial charge in [-0.15, -0.1) is 0 Å². The van der Waals surface area contributed by atoms with Gasteiger partial charge in [-0.2, -0.15) is 0 Å². The van der Waals surface area contributed by atoms with Crippen molar-refractivity contribution in [1.29, 1.82) is 0 Å². The molecule has 3 nitrogen and oxygen atoms in total. The Hall–Kier alpha value is -1.35. The van der Waals surface area contributed by atoms with Gasteiger partial charge in [0, 0.05) is 19.6 Å². The van der Waals surface area contributed by atoms with Crippen molar-refractivity contribution in [3.05, 3.63) is 34.4 Å². The van der Waals surface area contributed by atoms with E-state index in [9.17, 15) is 4.79 Å². The lowest BCUT2D eigenvalue weighted by Gasteiger charge is -2.38. The second-order valence-electron chi connectivity index (χ2n) is 6.16. The second-order valence-corrected chi connectivity index (χ2v) is 6.16. The first-order chi connectivity index (χ1) is 8.81. The maximum Gasteiger partial charge on any atom is 0.242 e. The van der Waals surface area contributed by atoms with Gasteiger partial charge in [0.1, 0.15) is 0 Å². The zero-order valence-corrected chi connectivity index (χ0v) is 12.6. The van der Waals surface area contributed by atoms with Crippen LogP contribution >= 0.6 is 0 Å². The van der Waals surface area contributed by atoms with Crippen LogP contribution in [0.5, 0.6) is 0 Å². The Morgan fingerprint density at radius 1 is 1.21 bits per heavy atom. The Morgan fingerprint density at radius 2 is 1.79 bits per heavy atom. The van der Waals surface area contributed by atoms with Crippen LogP contribution < -0.4 is 5.32 Å². The van der Waals surface area contributed by atoms with Gasteiger partial charge in [-0.05, 0) is 51.3 Å². The fourth-order valence-electron chi connectivity index (χ4n) is 2.88. The maximum absolute atomic E-state index is 12.4. The Labute approximate surface area is 116 Å². The van der Waals surface area contributed by atoms with Gasteiger partial charge in [0.2, 0.25) is 5.91 Å². The van der Waals surface area contributed by atoms with Crippen LogP contribution in [0.1, 0.15) is 36.1 Å². The van der Waals surface area contributed by atoms with Crippen molar-refractivity contribution >= 4 is 5.91 Å². The van der Waals surface area contributed by atoms with Gasteiger partial charge in [0.05, 0.1) is 5.54 Å². The first-order valence-electron chi connectivity index (χ1n) is 6.92. The van der Waals surface area contributed by atoms with Crippen LogP contribution in [-0.2, 0) is 11.3 Å². The standard InChI is InChI=1S/C16H24N2O/c1-11-8-12(2)14(13(3)9-11)10-18-7-6-17-16(4,5)15(18)19/h8-9,17H,6-7,10H2,1-5H3. The largest absolute Gasteiger partial charge is 0.335 e. The van der Waals surface area contributed by atoms with E-state index < -0.39 is 5.54 Å². The van der Waals surface area contributed by atoms with Gasteiger partial charge in [0.25, 0.3) is 0 Å². The lowest BCUT2D eigenvalue weighted by molar-refractivity contribution is -0.140. The lowest BCUT2D eigenvalue weighted by atomic mass is 9.96. The third-order valence-corrected chi connectivity index (χ3v) is 3.96. The average molecular weight is 260 g/mol. The Kier molecular flexibility index (Phi) is 3.68. The number of amides is 1. The molecule has 0 unspecified atom stereocenters. The molecule has 104 valence electrons. The fourth-order valence-corrected chi connectivity index (χ4v) is 2.88. The predicted molar refractivity (Wildman–Crippen MR) is 78.2 cm³/mol. The average Bonchev–Trinajstić information content (AvgIpc) is 2.28. The van der Waals surface area contributed by atoms with Gasteiger partial charge in [-0.3, -0.25) is 4.79 Å². The topological polar surface area (TPSA) is 32.3 Å². The summed E-state index contributed by atoms with van der Waals surface area (Å²) in [5, 5.41) is 3.27. The molecule has 1 aliphatic rings. The minimum absolute atomic E-state index is 0.193. The monoisotopic (exact) mass is 260 g/mol. The van der Waals surface area contributed by atoms with Gasteiger partial charge in [-0.25, -0.2) is 0 Å². The lowest BCUT2D eigenvalue weighted by Crippen LogP contribution is -2.60. The molecule has 1 aromatic carbocycles.